The third-order valence-corrected chi connectivity index (χ3v) is 5.40. The third kappa shape index (κ3) is 4.80. The maximum atomic E-state index is 12.5. The molecule has 2 aromatic rings. The number of hydrogen-bond donors (Lipinski definition) is 1. The van der Waals surface area contributed by atoms with Crippen LogP contribution in [0.4, 0.5) is 5.13 Å². The molecule has 6 heteroatoms. The standard InChI is InChI=1S/C19H26N4OS/c1-15(2)18(16-6-4-3-5-7-16)21-17(24)14-22-9-11-23(12-10-22)19-20-8-13-25-19/h3-8,13,15,18H,9-12,14H2,1-2H3,(H,21,24). The fourth-order valence-corrected chi connectivity index (χ4v) is 3.88. The molecule has 0 aliphatic carbocycles. The minimum atomic E-state index is 0.0605. The quantitative estimate of drug-likeness (QED) is 0.863. The van der Waals surface area contributed by atoms with Gasteiger partial charge in [0, 0.05) is 37.8 Å². The summed E-state index contributed by atoms with van der Waals surface area (Å²) in [6.45, 7) is 8.38. The molecule has 1 aromatic carbocycles. The molecule has 25 heavy (non-hydrogen) atoms. The van der Waals surface area contributed by atoms with E-state index in [0.29, 0.717) is 12.5 Å². The minimum Gasteiger partial charge on any atom is -0.348 e. The summed E-state index contributed by atoms with van der Waals surface area (Å²) in [6, 6.07) is 10.3. The Bertz CT molecular complexity index is 651. The van der Waals surface area contributed by atoms with Crippen molar-refractivity contribution >= 4 is 22.4 Å². The van der Waals surface area contributed by atoms with Crippen LogP contribution >= 0.6 is 11.3 Å². The van der Waals surface area contributed by atoms with E-state index in [4.69, 9.17) is 0 Å². The summed E-state index contributed by atoms with van der Waals surface area (Å²) in [6.07, 6.45) is 1.84. The van der Waals surface area contributed by atoms with E-state index in [2.05, 4.69) is 46.1 Å². The molecule has 0 spiro atoms. The van der Waals surface area contributed by atoms with Gasteiger partial charge in [0.2, 0.25) is 5.91 Å². The van der Waals surface area contributed by atoms with Crippen molar-refractivity contribution in [2.75, 3.05) is 37.6 Å². The molecule has 1 saturated heterocycles. The maximum Gasteiger partial charge on any atom is 0.234 e. The molecule has 0 radical (unpaired) electrons. The molecule has 1 aliphatic rings. The molecular formula is C19H26N4OS. The van der Waals surface area contributed by atoms with Gasteiger partial charge in [-0.05, 0) is 11.5 Å². The lowest BCUT2D eigenvalue weighted by Gasteiger charge is -2.34. The molecule has 1 amide bonds. The van der Waals surface area contributed by atoms with Crippen molar-refractivity contribution in [2.45, 2.75) is 19.9 Å². The number of amides is 1. The van der Waals surface area contributed by atoms with E-state index in [1.54, 1.807) is 11.3 Å². The van der Waals surface area contributed by atoms with Crippen LogP contribution in [0.1, 0.15) is 25.5 Å². The summed E-state index contributed by atoms with van der Waals surface area (Å²) in [5.74, 6) is 0.457. The highest BCUT2D eigenvalue weighted by molar-refractivity contribution is 7.13. The van der Waals surface area contributed by atoms with Crippen molar-refractivity contribution in [1.82, 2.24) is 15.2 Å². The lowest BCUT2D eigenvalue weighted by molar-refractivity contribution is -0.123. The second-order valence-corrected chi connectivity index (χ2v) is 7.65. The largest absolute Gasteiger partial charge is 0.348 e. The van der Waals surface area contributed by atoms with Crippen LogP contribution in [0.15, 0.2) is 41.9 Å². The molecule has 0 bridgehead atoms. The summed E-state index contributed by atoms with van der Waals surface area (Å²) in [4.78, 5) is 21.4. The van der Waals surface area contributed by atoms with Gasteiger partial charge in [-0.2, -0.15) is 0 Å². The average molecular weight is 359 g/mol. The number of piperazine rings is 1. The number of thiazole rings is 1. The molecule has 134 valence electrons. The molecule has 0 saturated carbocycles. The summed E-state index contributed by atoms with van der Waals surface area (Å²) in [7, 11) is 0. The van der Waals surface area contributed by atoms with E-state index in [1.165, 1.54) is 5.56 Å². The summed E-state index contributed by atoms with van der Waals surface area (Å²) >= 11 is 1.67. The molecule has 1 aromatic heterocycles. The van der Waals surface area contributed by atoms with E-state index >= 15 is 0 Å². The van der Waals surface area contributed by atoms with Gasteiger partial charge in [-0.3, -0.25) is 9.69 Å². The number of aromatic nitrogens is 1. The van der Waals surface area contributed by atoms with Crippen LogP contribution in [0.2, 0.25) is 0 Å². The summed E-state index contributed by atoms with van der Waals surface area (Å²) in [5.41, 5.74) is 1.17. The third-order valence-electron chi connectivity index (χ3n) is 4.57. The average Bonchev–Trinajstić information content (AvgIpc) is 3.15. The van der Waals surface area contributed by atoms with E-state index in [-0.39, 0.29) is 11.9 Å². The number of rotatable bonds is 6. The lowest BCUT2D eigenvalue weighted by atomic mass is 9.96. The van der Waals surface area contributed by atoms with E-state index < -0.39 is 0 Å². The number of benzene rings is 1. The molecule has 3 rings (SSSR count). The van der Waals surface area contributed by atoms with Gasteiger partial charge in [0.25, 0.3) is 0 Å². The van der Waals surface area contributed by atoms with Crippen molar-refractivity contribution in [3.05, 3.63) is 47.5 Å². The zero-order valence-electron chi connectivity index (χ0n) is 14.9. The first-order valence-electron chi connectivity index (χ1n) is 8.84. The Morgan fingerprint density at radius 3 is 2.52 bits per heavy atom. The van der Waals surface area contributed by atoms with E-state index in [1.807, 2.05) is 29.8 Å². The first kappa shape index (κ1) is 17.9. The Morgan fingerprint density at radius 1 is 1.20 bits per heavy atom. The van der Waals surface area contributed by atoms with Gasteiger partial charge in [0.1, 0.15) is 0 Å². The highest BCUT2D eigenvalue weighted by Gasteiger charge is 2.23. The fraction of sp³-hybridized carbons (Fsp3) is 0.474. The SMILES string of the molecule is CC(C)C(NC(=O)CN1CCN(c2nccs2)CC1)c1ccccc1. The van der Waals surface area contributed by atoms with Crippen molar-refractivity contribution in [2.24, 2.45) is 5.92 Å². The number of hydrogen-bond acceptors (Lipinski definition) is 5. The normalized spacial score (nSPS) is 16.8. The van der Waals surface area contributed by atoms with Gasteiger partial charge >= 0.3 is 0 Å². The van der Waals surface area contributed by atoms with Crippen molar-refractivity contribution < 1.29 is 4.79 Å². The molecule has 5 nitrogen and oxygen atoms in total. The lowest BCUT2D eigenvalue weighted by Crippen LogP contribution is -2.50. The van der Waals surface area contributed by atoms with Crippen molar-refractivity contribution in [1.29, 1.82) is 0 Å². The molecule has 1 aliphatic heterocycles. The molecule has 1 fully saturated rings. The maximum absolute atomic E-state index is 12.5. The minimum absolute atomic E-state index is 0.0605. The van der Waals surface area contributed by atoms with Crippen LogP contribution < -0.4 is 10.2 Å². The van der Waals surface area contributed by atoms with Crippen LogP contribution in [0.3, 0.4) is 0 Å². The second-order valence-electron chi connectivity index (χ2n) is 6.78. The second kappa shape index (κ2) is 8.45. The Labute approximate surface area is 153 Å². The number of anilines is 1. The number of carbonyl (C=O) groups is 1. The number of nitrogens with zero attached hydrogens (tertiary/aromatic N) is 3. The molecule has 2 heterocycles. The van der Waals surface area contributed by atoms with E-state index in [9.17, 15) is 4.79 Å². The monoisotopic (exact) mass is 358 g/mol. The smallest absolute Gasteiger partial charge is 0.234 e. The fourth-order valence-electron chi connectivity index (χ4n) is 3.19. The zero-order valence-corrected chi connectivity index (χ0v) is 15.7. The number of nitrogens with one attached hydrogen (secondary N) is 1. The highest BCUT2D eigenvalue weighted by Crippen LogP contribution is 2.21. The van der Waals surface area contributed by atoms with Gasteiger partial charge < -0.3 is 10.2 Å². The zero-order chi connectivity index (χ0) is 17.6. The molecule has 1 N–H and O–H groups in total. The van der Waals surface area contributed by atoms with E-state index in [0.717, 1.165) is 31.3 Å². The summed E-state index contributed by atoms with van der Waals surface area (Å²) in [5, 5.41) is 6.30. The van der Waals surface area contributed by atoms with Gasteiger partial charge in [0.15, 0.2) is 5.13 Å². The Balaban J connectivity index is 1.50. The van der Waals surface area contributed by atoms with Crippen molar-refractivity contribution in [3.63, 3.8) is 0 Å². The van der Waals surface area contributed by atoms with Crippen LogP contribution in [-0.2, 0) is 4.79 Å². The Hall–Kier alpha value is -1.92. The van der Waals surface area contributed by atoms with Crippen LogP contribution in [0.5, 0.6) is 0 Å². The Morgan fingerprint density at radius 2 is 1.92 bits per heavy atom. The topological polar surface area (TPSA) is 48.5 Å². The van der Waals surface area contributed by atoms with Gasteiger partial charge in [-0.15, -0.1) is 11.3 Å². The van der Waals surface area contributed by atoms with Crippen LogP contribution in [0, 0.1) is 5.92 Å². The first-order valence-corrected chi connectivity index (χ1v) is 9.72. The number of carbonyl (C=O) groups excluding carboxylic acids is 1. The predicted molar refractivity (Wildman–Crippen MR) is 103 cm³/mol. The molecule has 1 atom stereocenters. The van der Waals surface area contributed by atoms with Crippen LogP contribution in [0.25, 0.3) is 0 Å². The van der Waals surface area contributed by atoms with Gasteiger partial charge in [-0.25, -0.2) is 4.98 Å². The molecular weight excluding hydrogens is 332 g/mol. The van der Waals surface area contributed by atoms with Crippen LogP contribution in [-0.4, -0.2) is 48.5 Å². The highest BCUT2D eigenvalue weighted by atomic mass is 32.1. The molecule has 1 unspecified atom stereocenters. The van der Waals surface area contributed by atoms with Crippen molar-refractivity contribution in [3.8, 4) is 0 Å². The Kier molecular flexibility index (Phi) is 6.04. The van der Waals surface area contributed by atoms with Gasteiger partial charge in [0.05, 0.1) is 12.6 Å². The predicted octanol–water partition coefficient (Wildman–Crippen LogP) is 2.78. The first-order chi connectivity index (χ1) is 12.1. The summed E-state index contributed by atoms with van der Waals surface area (Å²) < 4.78 is 0. The van der Waals surface area contributed by atoms with Gasteiger partial charge in [-0.1, -0.05) is 44.2 Å².